The molecule has 22 heavy (non-hydrogen) atoms. The first-order valence-corrected chi connectivity index (χ1v) is 9.10. The van der Waals surface area contributed by atoms with Crippen LogP contribution < -0.4 is 4.90 Å². The van der Waals surface area contributed by atoms with Crippen molar-refractivity contribution in [2.24, 2.45) is 5.92 Å². The molecule has 1 aromatic rings. The molecular weight excluding hydrogens is 270 g/mol. The molecule has 3 nitrogen and oxygen atoms in total. The Balaban J connectivity index is 1.80. The molecular formula is C19H31N3. The van der Waals surface area contributed by atoms with Crippen LogP contribution in [0.4, 0.5) is 5.82 Å². The highest BCUT2D eigenvalue weighted by atomic mass is 15.2. The van der Waals surface area contributed by atoms with E-state index in [1.165, 1.54) is 75.2 Å². The quantitative estimate of drug-likeness (QED) is 0.832. The van der Waals surface area contributed by atoms with Crippen LogP contribution >= 0.6 is 0 Å². The second-order valence-electron chi connectivity index (χ2n) is 7.49. The van der Waals surface area contributed by atoms with Crippen molar-refractivity contribution in [2.75, 3.05) is 31.1 Å². The lowest BCUT2D eigenvalue weighted by Gasteiger charge is -2.37. The normalized spacial score (nSPS) is 23.5. The van der Waals surface area contributed by atoms with Crippen molar-refractivity contribution in [3.05, 3.63) is 23.4 Å². The van der Waals surface area contributed by atoms with Gasteiger partial charge in [0.05, 0.1) is 0 Å². The number of anilines is 1. The molecule has 2 aliphatic rings. The van der Waals surface area contributed by atoms with Crippen molar-refractivity contribution in [2.45, 2.75) is 58.9 Å². The van der Waals surface area contributed by atoms with E-state index in [1.54, 1.807) is 0 Å². The number of hydrogen-bond acceptors (Lipinski definition) is 3. The molecule has 3 heteroatoms. The third kappa shape index (κ3) is 3.45. The van der Waals surface area contributed by atoms with E-state index in [0.29, 0.717) is 6.04 Å². The zero-order chi connectivity index (χ0) is 15.5. The van der Waals surface area contributed by atoms with Gasteiger partial charge in [-0.05, 0) is 62.3 Å². The number of aromatic nitrogens is 1. The lowest BCUT2D eigenvalue weighted by molar-refractivity contribution is 0.131. The first kappa shape index (κ1) is 15.8. The summed E-state index contributed by atoms with van der Waals surface area (Å²) in [6.45, 7) is 11.7. The Labute approximate surface area is 135 Å². The molecule has 0 radical (unpaired) electrons. The highest BCUT2D eigenvalue weighted by Gasteiger charge is 2.26. The van der Waals surface area contributed by atoms with Crippen molar-refractivity contribution < 1.29 is 0 Å². The monoisotopic (exact) mass is 301 g/mol. The maximum Gasteiger partial charge on any atom is 0.128 e. The minimum absolute atomic E-state index is 0.580. The van der Waals surface area contributed by atoms with Crippen molar-refractivity contribution in [1.29, 1.82) is 0 Å². The van der Waals surface area contributed by atoms with Crippen molar-refractivity contribution >= 4 is 5.82 Å². The molecule has 0 aliphatic carbocycles. The number of likely N-dealkylation sites (tertiary alicyclic amines) is 1. The van der Waals surface area contributed by atoms with E-state index in [1.807, 2.05) is 0 Å². The maximum atomic E-state index is 4.81. The highest BCUT2D eigenvalue weighted by Crippen LogP contribution is 2.34. The lowest BCUT2D eigenvalue weighted by Crippen LogP contribution is -2.36. The van der Waals surface area contributed by atoms with E-state index in [4.69, 9.17) is 4.98 Å². The van der Waals surface area contributed by atoms with Crippen molar-refractivity contribution in [1.82, 2.24) is 9.88 Å². The summed E-state index contributed by atoms with van der Waals surface area (Å²) in [5, 5.41) is 0. The Bertz CT molecular complexity index is 491. The molecule has 3 rings (SSSR count). The van der Waals surface area contributed by atoms with Crippen LogP contribution in [0.25, 0.3) is 0 Å². The Morgan fingerprint density at radius 3 is 2.55 bits per heavy atom. The van der Waals surface area contributed by atoms with Gasteiger partial charge in [-0.15, -0.1) is 0 Å². The van der Waals surface area contributed by atoms with E-state index in [0.717, 1.165) is 5.92 Å². The molecule has 1 atom stereocenters. The molecule has 2 fully saturated rings. The molecule has 0 aromatic carbocycles. The second kappa shape index (κ2) is 6.99. The zero-order valence-corrected chi connectivity index (χ0v) is 14.5. The van der Waals surface area contributed by atoms with Crippen LogP contribution in [-0.2, 0) is 0 Å². The molecule has 0 saturated carbocycles. The smallest absolute Gasteiger partial charge is 0.128 e. The fourth-order valence-corrected chi connectivity index (χ4v) is 4.05. The standard InChI is InChI=1S/C19H31N3/c1-15(2)14-22-11-5-4-8-18(22)17-13-20-19(12-16(17)3)21-9-6-7-10-21/h12-13,15,18H,4-11,14H2,1-3H3/t18-/m0/s1. The zero-order valence-electron chi connectivity index (χ0n) is 14.5. The molecule has 0 N–H and O–H groups in total. The van der Waals surface area contributed by atoms with Gasteiger partial charge in [-0.25, -0.2) is 4.98 Å². The average Bonchev–Trinajstić information content (AvgIpc) is 3.02. The van der Waals surface area contributed by atoms with Gasteiger partial charge in [0.15, 0.2) is 0 Å². The first-order valence-electron chi connectivity index (χ1n) is 9.10. The molecule has 1 aromatic heterocycles. The van der Waals surface area contributed by atoms with E-state index >= 15 is 0 Å². The van der Waals surface area contributed by atoms with Gasteiger partial charge in [0.25, 0.3) is 0 Å². The summed E-state index contributed by atoms with van der Waals surface area (Å²) in [4.78, 5) is 9.93. The second-order valence-corrected chi connectivity index (χ2v) is 7.49. The van der Waals surface area contributed by atoms with E-state index in [9.17, 15) is 0 Å². The Morgan fingerprint density at radius 1 is 1.14 bits per heavy atom. The molecule has 0 unspecified atom stereocenters. The van der Waals surface area contributed by atoms with E-state index < -0.39 is 0 Å². The minimum atomic E-state index is 0.580. The van der Waals surface area contributed by atoms with Crippen molar-refractivity contribution in [3.8, 4) is 0 Å². The van der Waals surface area contributed by atoms with Crippen LogP contribution in [0.5, 0.6) is 0 Å². The fraction of sp³-hybridized carbons (Fsp3) is 0.737. The summed E-state index contributed by atoms with van der Waals surface area (Å²) < 4.78 is 0. The number of rotatable bonds is 4. The van der Waals surface area contributed by atoms with Gasteiger partial charge in [0.2, 0.25) is 0 Å². The molecule has 3 heterocycles. The summed E-state index contributed by atoms with van der Waals surface area (Å²) in [6, 6.07) is 2.90. The van der Waals surface area contributed by atoms with Gasteiger partial charge in [-0.1, -0.05) is 20.3 Å². The molecule has 0 amide bonds. The Morgan fingerprint density at radius 2 is 1.86 bits per heavy atom. The van der Waals surface area contributed by atoms with Crippen LogP contribution in [0.3, 0.4) is 0 Å². The van der Waals surface area contributed by atoms with Crippen LogP contribution in [0.15, 0.2) is 12.3 Å². The Kier molecular flexibility index (Phi) is 5.02. The SMILES string of the molecule is Cc1cc(N2CCCC2)ncc1[C@@H]1CCCCN1CC(C)C. The first-order chi connectivity index (χ1) is 10.6. The van der Waals surface area contributed by atoms with E-state index in [-0.39, 0.29) is 0 Å². The van der Waals surface area contributed by atoms with Gasteiger partial charge in [0, 0.05) is 31.9 Å². The predicted octanol–water partition coefficient (Wildman–Crippen LogP) is 4.17. The summed E-state index contributed by atoms with van der Waals surface area (Å²) in [7, 11) is 0. The van der Waals surface area contributed by atoms with Crippen molar-refractivity contribution in [3.63, 3.8) is 0 Å². The molecule has 2 aliphatic heterocycles. The van der Waals surface area contributed by atoms with Crippen LogP contribution in [-0.4, -0.2) is 36.1 Å². The molecule has 0 spiro atoms. The fourth-order valence-electron chi connectivity index (χ4n) is 4.05. The van der Waals surface area contributed by atoms with Gasteiger partial charge >= 0.3 is 0 Å². The predicted molar refractivity (Wildman–Crippen MR) is 93.4 cm³/mol. The van der Waals surface area contributed by atoms with Gasteiger partial charge < -0.3 is 4.90 Å². The number of hydrogen-bond donors (Lipinski definition) is 0. The topological polar surface area (TPSA) is 19.4 Å². The van der Waals surface area contributed by atoms with Gasteiger partial charge in [-0.2, -0.15) is 0 Å². The van der Waals surface area contributed by atoms with Gasteiger partial charge in [-0.3, -0.25) is 4.90 Å². The molecule has 122 valence electrons. The highest BCUT2D eigenvalue weighted by molar-refractivity contribution is 5.45. The third-order valence-corrected chi connectivity index (χ3v) is 5.14. The average molecular weight is 301 g/mol. The summed E-state index contributed by atoms with van der Waals surface area (Å²) >= 11 is 0. The number of nitrogens with zero attached hydrogens (tertiary/aromatic N) is 3. The van der Waals surface area contributed by atoms with E-state index in [2.05, 4.69) is 42.8 Å². The lowest BCUT2D eigenvalue weighted by atomic mass is 9.92. The number of aryl methyl sites for hydroxylation is 1. The number of piperidine rings is 1. The summed E-state index contributed by atoms with van der Waals surface area (Å²) in [6.07, 6.45) is 8.79. The third-order valence-electron chi connectivity index (χ3n) is 5.14. The molecule has 2 saturated heterocycles. The maximum absolute atomic E-state index is 4.81. The minimum Gasteiger partial charge on any atom is -0.357 e. The summed E-state index contributed by atoms with van der Waals surface area (Å²) in [5.41, 5.74) is 2.89. The molecule has 0 bridgehead atoms. The van der Waals surface area contributed by atoms with Crippen LogP contribution in [0, 0.1) is 12.8 Å². The van der Waals surface area contributed by atoms with Crippen LogP contribution in [0.1, 0.15) is 63.1 Å². The largest absolute Gasteiger partial charge is 0.357 e. The number of pyridine rings is 1. The summed E-state index contributed by atoms with van der Waals surface area (Å²) in [5.74, 6) is 1.92. The Hall–Kier alpha value is -1.09. The van der Waals surface area contributed by atoms with Gasteiger partial charge in [0.1, 0.15) is 5.82 Å². The van der Waals surface area contributed by atoms with Crippen LogP contribution in [0.2, 0.25) is 0 Å².